The molecule has 1 fully saturated rings. The van der Waals surface area contributed by atoms with E-state index in [1.807, 2.05) is 13.8 Å². The number of nitrogens with one attached hydrogen (secondary N) is 1. The van der Waals surface area contributed by atoms with E-state index in [0.29, 0.717) is 25.3 Å². The highest BCUT2D eigenvalue weighted by atomic mass is 19.1. The molecule has 2 N–H and O–H groups in total. The van der Waals surface area contributed by atoms with Crippen LogP contribution in [-0.4, -0.2) is 41.7 Å². The van der Waals surface area contributed by atoms with Gasteiger partial charge in [-0.05, 0) is 36.2 Å². The number of hydrogen-bond acceptors (Lipinski definition) is 4. The Kier molecular flexibility index (Phi) is 8.19. The van der Waals surface area contributed by atoms with Crippen molar-refractivity contribution in [1.29, 1.82) is 0 Å². The molecular formula is C21H26F2N2O3. The monoisotopic (exact) mass is 392 g/mol. The average molecular weight is 392 g/mol. The van der Waals surface area contributed by atoms with Gasteiger partial charge in [-0.25, -0.2) is 8.78 Å². The third kappa shape index (κ3) is 5.92. The van der Waals surface area contributed by atoms with Crippen LogP contribution in [0.1, 0.15) is 25.8 Å². The minimum absolute atomic E-state index is 0.0456. The van der Waals surface area contributed by atoms with Gasteiger partial charge in [0.05, 0.1) is 12.3 Å². The van der Waals surface area contributed by atoms with Gasteiger partial charge in [-0.2, -0.15) is 0 Å². The Morgan fingerprint density at radius 1 is 1.21 bits per heavy atom. The summed E-state index contributed by atoms with van der Waals surface area (Å²) in [6.07, 6.45) is 0.674. The summed E-state index contributed by atoms with van der Waals surface area (Å²) in [4.78, 5) is 13.9. The Hall–Kier alpha value is -2.67. The second-order valence-corrected chi connectivity index (χ2v) is 6.18. The maximum Gasteiger partial charge on any atom is 0.260 e. The van der Waals surface area contributed by atoms with Gasteiger partial charge in [0.1, 0.15) is 17.4 Å². The minimum atomic E-state index is -0.649. The summed E-state index contributed by atoms with van der Waals surface area (Å²) in [6.45, 7) is 4.85. The van der Waals surface area contributed by atoms with Crippen molar-refractivity contribution in [3.63, 3.8) is 0 Å². The molecule has 2 aromatic carbocycles. The first-order valence-electron chi connectivity index (χ1n) is 9.37. The van der Waals surface area contributed by atoms with Crippen LogP contribution >= 0.6 is 0 Å². The maximum atomic E-state index is 13.7. The van der Waals surface area contributed by atoms with Crippen LogP contribution in [0.4, 0.5) is 14.5 Å². The second kappa shape index (κ2) is 10.6. The van der Waals surface area contributed by atoms with Gasteiger partial charge in [-0.3, -0.25) is 4.79 Å². The van der Waals surface area contributed by atoms with Crippen LogP contribution in [0.2, 0.25) is 0 Å². The first-order chi connectivity index (χ1) is 13.5. The fourth-order valence-corrected chi connectivity index (χ4v) is 2.86. The van der Waals surface area contributed by atoms with Gasteiger partial charge >= 0.3 is 0 Å². The van der Waals surface area contributed by atoms with Gasteiger partial charge in [0, 0.05) is 25.2 Å². The molecule has 1 aliphatic heterocycles. The molecule has 1 atom stereocenters. The van der Waals surface area contributed by atoms with E-state index in [2.05, 4.69) is 5.32 Å². The first-order valence-corrected chi connectivity index (χ1v) is 9.37. The summed E-state index contributed by atoms with van der Waals surface area (Å²) in [7, 11) is 0. The minimum Gasteiger partial charge on any atom is -0.484 e. The summed E-state index contributed by atoms with van der Waals surface area (Å²) in [6, 6.07) is 10.1. The SMILES string of the molecule is CC.O=C(COc1ccc(CO)cc1)N1CCC(Nc2ccc(F)cc2F)C1. The Morgan fingerprint density at radius 2 is 1.93 bits per heavy atom. The van der Waals surface area contributed by atoms with Crippen molar-refractivity contribution < 1.29 is 23.4 Å². The van der Waals surface area contributed by atoms with E-state index in [-0.39, 0.29) is 30.9 Å². The van der Waals surface area contributed by atoms with E-state index >= 15 is 0 Å². The second-order valence-electron chi connectivity index (χ2n) is 6.18. The predicted molar refractivity (Wildman–Crippen MR) is 104 cm³/mol. The zero-order valence-electron chi connectivity index (χ0n) is 16.1. The highest BCUT2D eigenvalue weighted by molar-refractivity contribution is 5.78. The molecule has 0 radical (unpaired) electrons. The number of aliphatic hydroxyl groups excluding tert-OH is 1. The number of amides is 1. The molecule has 1 saturated heterocycles. The zero-order valence-corrected chi connectivity index (χ0v) is 16.1. The van der Waals surface area contributed by atoms with Crippen molar-refractivity contribution >= 4 is 11.6 Å². The number of benzene rings is 2. The average Bonchev–Trinajstić information content (AvgIpc) is 3.19. The zero-order chi connectivity index (χ0) is 20.5. The smallest absolute Gasteiger partial charge is 0.260 e. The van der Waals surface area contributed by atoms with Crippen molar-refractivity contribution in [2.45, 2.75) is 32.9 Å². The number of rotatable bonds is 6. The van der Waals surface area contributed by atoms with E-state index in [1.165, 1.54) is 12.1 Å². The molecule has 28 heavy (non-hydrogen) atoms. The molecule has 0 spiro atoms. The van der Waals surface area contributed by atoms with E-state index in [0.717, 1.165) is 11.6 Å². The molecule has 1 amide bonds. The standard InChI is InChI=1S/C19H20F2N2O3.C2H6/c20-14-3-6-18(17(21)9-14)22-15-7-8-23(10-15)19(25)12-26-16-4-1-13(11-24)2-5-16;1-2/h1-6,9,15,22,24H,7-8,10-12H2;1-2H3. The summed E-state index contributed by atoms with van der Waals surface area (Å²) in [5, 5.41) is 12.0. The number of halogens is 2. The Labute approximate surface area is 163 Å². The van der Waals surface area contributed by atoms with Crippen LogP contribution in [0.15, 0.2) is 42.5 Å². The van der Waals surface area contributed by atoms with Gasteiger partial charge in [-0.15, -0.1) is 0 Å². The van der Waals surface area contributed by atoms with Crippen molar-refractivity contribution in [2.24, 2.45) is 0 Å². The third-order valence-corrected chi connectivity index (χ3v) is 4.30. The molecule has 0 bridgehead atoms. The Bertz CT molecular complexity index is 769. The fraction of sp³-hybridized carbons (Fsp3) is 0.381. The molecule has 0 saturated carbocycles. The molecule has 3 rings (SSSR count). The number of nitrogens with zero attached hydrogens (tertiary/aromatic N) is 1. The van der Waals surface area contributed by atoms with E-state index in [9.17, 15) is 13.6 Å². The molecular weight excluding hydrogens is 366 g/mol. The lowest BCUT2D eigenvalue weighted by molar-refractivity contribution is -0.132. The predicted octanol–water partition coefficient (Wildman–Crippen LogP) is 3.58. The number of carbonyl (C=O) groups is 1. The summed E-state index contributed by atoms with van der Waals surface area (Å²) >= 11 is 0. The highest BCUT2D eigenvalue weighted by Gasteiger charge is 2.26. The highest BCUT2D eigenvalue weighted by Crippen LogP contribution is 2.20. The van der Waals surface area contributed by atoms with Crippen LogP contribution in [0, 0.1) is 11.6 Å². The molecule has 1 heterocycles. The first kappa shape index (κ1) is 21.6. The van der Waals surface area contributed by atoms with Crippen LogP contribution in [0.25, 0.3) is 0 Å². The van der Waals surface area contributed by atoms with Crippen LogP contribution in [0.3, 0.4) is 0 Å². The van der Waals surface area contributed by atoms with Gasteiger partial charge in [0.25, 0.3) is 5.91 Å². The number of anilines is 1. The maximum absolute atomic E-state index is 13.7. The fourth-order valence-electron chi connectivity index (χ4n) is 2.86. The van der Waals surface area contributed by atoms with Crippen LogP contribution < -0.4 is 10.1 Å². The molecule has 152 valence electrons. The third-order valence-electron chi connectivity index (χ3n) is 4.30. The Morgan fingerprint density at radius 3 is 2.57 bits per heavy atom. The normalized spacial score (nSPS) is 15.6. The molecule has 1 aliphatic rings. The molecule has 5 nitrogen and oxygen atoms in total. The lowest BCUT2D eigenvalue weighted by Gasteiger charge is -2.18. The lowest BCUT2D eigenvalue weighted by Crippen LogP contribution is -2.35. The van der Waals surface area contributed by atoms with Gasteiger partial charge < -0.3 is 20.1 Å². The van der Waals surface area contributed by atoms with Crippen molar-refractivity contribution in [2.75, 3.05) is 25.0 Å². The molecule has 7 heteroatoms. The quantitative estimate of drug-likeness (QED) is 0.789. The lowest BCUT2D eigenvalue weighted by atomic mass is 10.2. The number of carbonyl (C=O) groups excluding carboxylic acids is 1. The van der Waals surface area contributed by atoms with E-state index in [4.69, 9.17) is 9.84 Å². The molecule has 0 aromatic heterocycles. The molecule has 1 unspecified atom stereocenters. The van der Waals surface area contributed by atoms with Gasteiger partial charge in [0.15, 0.2) is 6.61 Å². The van der Waals surface area contributed by atoms with Gasteiger partial charge in [0.2, 0.25) is 0 Å². The van der Waals surface area contributed by atoms with Crippen LogP contribution in [-0.2, 0) is 11.4 Å². The Balaban J connectivity index is 0.00000136. The number of aliphatic hydroxyl groups is 1. The number of ether oxygens (including phenoxy) is 1. The topological polar surface area (TPSA) is 61.8 Å². The molecule has 2 aromatic rings. The number of likely N-dealkylation sites (tertiary alicyclic amines) is 1. The van der Waals surface area contributed by atoms with Crippen LogP contribution in [0.5, 0.6) is 5.75 Å². The summed E-state index contributed by atoms with van der Waals surface area (Å²) < 4.78 is 32.1. The van der Waals surface area contributed by atoms with Gasteiger partial charge in [-0.1, -0.05) is 26.0 Å². The molecule has 0 aliphatic carbocycles. The van der Waals surface area contributed by atoms with Crippen molar-refractivity contribution in [3.05, 3.63) is 59.7 Å². The van der Waals surface area contributed by atoms with Crippen molar-refractivity contribution in [3.8, 4) is 5.75 Å². The summed E-state index contributed by atoms with van der Waals surface area (Å²) in [5.74, 6) is -0.872. The summed E-state index contributed by atoms with van der Waals surface area (Å²) in [5.41, 5.74) is 0.996. The largest absolute Gasteiger partial charge is 0.484 e. The number of hydrogen-bond donors (Lipinski definition) is 2. The van der Waals surface area contributed by atoms with Crippen molar-refractivity contribution in [1.82, 2.24) is 4.90 Å². The van der Waals surface area contributed by atoms with E-state index < -0.39 is 11.6 Å². The van der Waals surface area contributed by atoms with E-state index in [1.54, 1.807) is 29.2 Å².